The number of aliphatic hydroxyl groups is 1. The Kier molecular flexibility index (Phi) is 2.36. The molecule has 0 aromatic rings. The zero-order valence-electron chi connectivity index (χ0n) is 6.80. The first-order valence-electron chi connectivity index (χ1n) is 4.08. The second-order valence-corrected chi connectivity index (χ2v) is 3.47. The molecule has 1 unspecified atom stereocenters. The third kappa shape index (κ3) is 1.76. The van der Waals surface area contributed by atoms with Gasteiger partial charge in [0.05, 0.1) is 5.76 Å². The van der Waals surface area contributed by atoms with Gasteiger partial charge in [-0.3, -0.25) is 0 Å². The summed E-state index contributed by atoms with van der Waals surface area (Å²) < 4.78 is 0. The van der Waals surface area contributed by atoms with Gasteiger partial charge < -0.3 is 5.11 Å². The van der Waals surface area contributed by atoms with Crippen molar-refractivity contribution in [3.8, 4) is 0 Å². The van der Waals surface area contributed by atoms with Crippen molar-refractivity contribution in [2.75, 3.05) is 0 Å². The van der Waals surface area contributed by atoms with E-state index in [9.17, 15) is 0 Å². The fourth-order valence-corrected chi connectivity index (χ4v) is 1.45. The summed E-state index contributed by atoms with van der Waals surface area (Å²) in [6.07, 6.45) is 5.10. The average molecular weight is 140 g/mol. The molecule has 1 nitrogen and oxygen atoms in total. The van der Waals surface area contributed by atoms with Gasteiger partial charge in [0.15, 0.2) is 0 Å². The monoisotopic (exact) mass is 140 g/mol. The van der Waals surface area contributed by atoms with Gasteiger partial charge >= 0.3 is 0 Å². The molecular weight excluding hydrogens is 124 g/mol. The lowest BCUT2D eigenvalue weighted by Gasteiger charge is -2.22. The summed E-state index contributed by atoms with van der Waals surface area (Å²) in [4.78, 5) is 0. The van der Waals surface area contributed by atoms with Crippen molar-refractivity contribution in [2.24, 2.45) is 11.8 Å². The Balaban J connectivity index is 2.42. The van der Waals surface area contributed by atoms with Crippen molar-refractivity contribution in [3.05, 3.63) is 11.8 Å². The van der Waals surface area contributed by atoms with Crippen LogP contribution in [-0.4, -0.2) is 5.11 Å². The van der Waals surface area contributed by atoms with Gasteiger partial charge in [-0.1, -0.05) is 13.8 Å². The number of aliphatic hydroxyl groups excluding tert-OH is 1. The van der Waals surface area contributed by atoms with Crippen molar-refractivity contribution >= 4 is 0 Å². The third-order valence-electron chi connectivity index (χ3n) is 2.37. The van der Waals surface area contributed by atoms with Crippen molar-refractivity contribution in [3.63, 3.8) is 0 Å². The topological polar surface area (TPSA) is 20.2 Å². The molecule has 0 heterocycles. The minimum Gasteiger partial charge on any atom is -0.513 e. The van der Waals surface area contributed by atoms with Crippen molar-refractivity contribution in [1.82, 2.24) is 0 Å². The van der Waals surface area contributed by atoms with Crippen molar-refractivity contribution in [2.45, 2.75) is 33.1 Å². The maximum absolute atomic E-state index is 9.07. The lowest BCUT2D eigenvalue weighted by molar-refractivity contribution is 0.294. The van der Waals surface area contributed by atoms with E-state index in [0.717, 1.165) is 24.7 Å². The van der Waals surface area contributed by atoms with Gasteiger partial charge in [-0.15, -0.1) is 0 Å². The molecule has 0 aromatic carbocycles. The van der Waals surface area contributed by atoms with Crippen LogP contribution in [0, 0.1) is 11.8 Å². The molecule has 1 aliphatic rings. The number of hydrogen-bond acceptors (Lipinski definition) is 1. The highest BCUT2D eigenvalue weighted by Crippen LogP contribution is 2.27. The summed E-state index contributed by atoms with van der Waals surface area (Å²) in [5, 5.41) is 9.07. The Hall–Kier alpha value is -0.460. The van der Waals surface area contributed by atoms with Crippen LogP contribution in [-0.2, 0) is 0 Å². The van der Waals surface area contributed by atoms with Crippen LogP contribution in [0.5, 0.6) is 0 Å². The van der Waals surface area contributed by atoms with Crippen LogP contribution in [0.2, 0.25) is 0 Å². The Morgan fingerprint density at radius 3 is 2.70 bits per heavy atom. The van der Waals surface area contributed by atoms with E-state index in [1.165, 1.54) is 6.42 Å². The summed E-state index contributed by atoms with van der Waals surface area (Å²) in [7, 11) is 0. The number of allylic oxidation sites excluding steroid dienone is 2. The van der Waals surface area contributed by atoms with Gasteiger partial charge in [0, 0.05) is 6.42 Å². The van der Waals surface area contributed by atoms with E-state index >= 15 is 0 Å². The molecule has 0 aromatic heterocycles. The van der Waals surface area contributed by atoms with Gasteiger partial charge in [-0.05, 0) is 30.8 Å². The Bertz CT molecular complexity index is 136. The molecule has 1 aliphatic carbocycles. The van der Waals surface area contributed by atoms with Gasteiger partial charge in [0.25, 0.3) is 0 Å². The summed E-state index contributed by atoms with van der Waals surface area (Å²) in [5.74, 6) is 2.16. The van der Waals surface area contributed by atoms with Crippen LogP contribution in [0.4, 0.5) is 0 Å². The smallest absolute Gasteiger partial charge is 0.0883 e. The van der Waals surface area contributed by atoms with Crippen LogP contribution < -0.4 is 0 Å². The highest BCUT2D eigenvalue weighted by Gasteiger charge is 2.16. The molecule has 0 bridgehead atoms. The predicted molar refractivity (Wildman–Crippen MR) is 42.9 cm³/mol. The second-order valence-electron chi connectivity index (χ2n) is 3.47. The average Bonchev–Trinajstić information content (AvgIpc) is 1.88. The highest BCUT2D eigenvalue weighted by molar-refractivity contribution is 4.97. The quantitative estimate of drug-likeness (QED) is 0.593. The fraction of sp³-hybridized carbons (Fsp3) is 0.778. The highest BCUT2D eigenvalue weighted by atomic mass is 16.3. The lowest BCUT2D eigenvalue weighted by Crippen LogP contribution is -2.11. The van der Waals surface area contributed by atoms with E-state index in [1.807, 2.05) is 6.08 Å². The molecule has 0 amide bonds. The Labute approximate surface area is 62.8 Å². The zero-order chi connectivity index (χ0) is 7.56. The first kappa shape index (κ1) is 7.64. The molecule has 1 atom stereocenters. The van der Waals surface area contributed by atoms with E-state index in [4.69, 9.17) is 5.11 Å². The van der Waals surface area contributed by atoms with Crippen LogP contribution in [0.15, 0.2) is 11.8 Å². The van der Waals surface area contributed by atoms with Crippen LogP contribution >= 0.6 is 0 Å². The SMILES string of the molecule is CC(C)C1CC=C(O)CC1. The van der Waals surface area contributed by atoms with E-state index < -0.39 is 0 Å². The lowest BCUT2D eigenvalue weighted by atomic mass is 9.85. The van der Waals surface area contributed by atoms with Crippen LogP contribution in [0.25, 0.3) is 0 Å². The second kappa shape index (κ2) is 3.09. The molecule has 0 spiro atoms. The molecule has 0 fully saturated rings. The summed E-state index contributed by atoms with van der Waals surface area (Å²) >= 11 is 0. The van der Waals surface area contributed by atoms with Gasteiger partial charge in [-0.2, -0.15) is 0 Å². The molecule has 0 aliphatic heterocycles. The van der Waals surface area contributed by atoms with Gasteiger partial charge in [-0.25, -0.2) is 0 Å². The maximum atomic E-state index is 9.07. The van der Waals surface area contributed by atoms with Gasteiger partial charge in [0.1, 0.15) is 0 Å². The minimum absolute atomic E-state index is 0.594. The molecule has 0 radical (unpaired) electrons. The fourth-order valence-electron chi connectivity index (χ4n) is 1.45. The molecule has 0 saturated carbocycles. The van der Waals surface area contributed by atoms with Gasteiger partial charge in [0.2, 0.25) is 0 Å². The summed E-state index contributed by atoms with van der Waals surface area (Å²) in [5.41, 5.74) is 0. The zero-order valence-corrected chi connectivity index (χ0v) is 6.80. The summed E-state index contributed by atoms with van der Waals surface area (Å²) in [6.45, 7) is 4.50. The van der Waals surface area contributed by atoms with Crippen LogP contribution in [0.3, 0.4) is 0 Å². The first-order valence-corrected chi connectivity index (χ1v) is 4.08. The van der Waals surface area contributed by atoms with E-state index in [0.29, 0.717) is 5.76 Å². The maximum Gasteiger partial charge on any atom is 0.0883 e. The largest absolute Gasteiger partial charge is 0.513 e. The molecule has 0 saturated heterocycles. The number of hydrogen-bond donors (Lipinski definition) is 1. The third-order valence-corrected chi connectivity index (χ3v) is 2.37. The van der Waals surface area contributed by atoms with E-state index in [-0.39, 0.29) is 0 Å². The Morgan fingerprint density at radius 1 is 1.60 bits per heavy atom. The predicted octanol–water partition coefficient (Wildman–Crippen LogP) is 2.88. The van der Waals surface area contributed by atoms with E-state index in [1.54, 1.807) is 0 Å². The first-order chi connectivity index (χ1) is 4.70. The van der Waals surface area contributed by atoms with Crippen LogP contribution in [0.1, 0.15) is 33.1 Å². The normalized spacial score (nSPS) is 26.7. The minimum atomic E-state index is 0.594. The summed E-state index contributed by atoms with van der Waals surface area (Å²) in [6, 6.07) is 0. The molecule has 58 valence electrons. The number of rotatable bonds is 1. The Morgan fingerprint density at radius 2 is 2.30 bits per heavy atom. The molecule has 1 N–H and O–H groups in total. The molecular formula is C9H16O. The molecule has 1 heteroatoms. The van der Waals surface area contributed by atoms with E-state index in [2.05, 4.69) is 13.8 Å². The van der Waals surface area contributed by atoms with Crippen molar-refractivity contribution < 1.29 is 5.11 Å². The molecule has 1 rings (SSSR count). The van der Waals surface area contributed by atoms with Crippen molar-refractivity contribution in [1.29, 1.82) is 0 Å². The molecule has 10 heavy (non-hydrogen) atoms. The standard InChI is InChI=1S/C9H16O/c1-7(2)8-3-5-9(10)6-4-8/h5,7-8,10H,3-4,6H2,1-2H3.